The first kappa shape index (κ1) is 79.4. The SMILES string of the molecule is CCCCCCC/C=C\C/C=C\C/C=C\CCCCCCCCC(=O)OC(COC(=O)CCCCCCCCCCCCC/C=C\CCCCCCCCCC)COC(=O)CCCCCCCCCCCCCCCCCCCCCC. The van der Waals surface area contributed by atoms with E-state index in [0.29, 0.717) is 19.3 Å². The van der Waals surface area contributed by atoms with Gasteiger partial charge >= 0.3 is 17.9 Å². The van der Waals surface area contributed by atoms with Crippen LogP contribution < -0.4 is 0 Å². The number of carbonyl (C=O) groups excluding carboxylic acids is 3. The van der Waals surface area contributed by atoms with Crippen LogP contribution in [0.3, 0.4) is 0 Å². The summed E-state index contributed by atoms with van der Waals surface area (Å²) in [7, 11) is 0. The first-order valence-electron chi connectivity index (χ1n) is 36.6. The van der Waals surface area contributed by atoms with Crippen molar-refractivity contribution in [3.8, 4) is 0 Å². The molecule has 0 heterocycles. The van der Waals surface area contributed by atoms with Crippen molar-refractivity contribution < 1.29 is 28.6 Å². The van der Waals surface area contributed by atoms with Gasteiger partial charge in [0.25, 0.3) is 0 Å². The van der Waals surface area contributed by atoms with E-state index < -0.39 is 6.10 Å². The maximum Gasteiger partial charge on any atom is 0.306 e. The number of rotatable bonds is 68. The van der Waals surface area contributed by atoms with E-state index in [9.17, 15) is 14.4 Å². The number of unbranched alkanes of at least 4 members (excludes halogenated alkanes) is 49. The molecule has 0 aromatic carbocycles. The van der Waals surface area contributed by atoms with E-state index in [-0.39, 0.29) is 31.1 Å². The average Bonchev–Trinajstić information content (AvgIpc) is 3.47. The summed E-state index contributed by atoms with van der Waals surface area (Å²) in [4.78, 5) is 38.5. The van der Waals surface area contributed by atoms with Crippen molar-refractivity contribution in [3.05, 3.63) is 48.6 Å². The van der Waals surface area contributed by atoms with Crippen LogP contribution in [0.1, 0.15) is 400 Å². The molecule has 0 radical (unpaired) electrons. The van der Waals surface area contributed by atoms with E-state index in [1.54, 1.807) is 0 Å². The maximum absolute atomic E-state index is 13.0. The molecule has 0 aliphatic heterocycles. The van der Waals surface area contributed by atoms with Gasteiger partial charge in [0, 0.05) is 19.3 Å². The van der Waals surface area contributed by atoms with Crippen molar-refractivity contribution in [1.82, 2.24) is 0 Å². The highest BCUT2D eigenvalue weighted by Gasteiger charge is 2.19. The zero-order valence-corrected chi connectivity index (χ0v) is 55.3. The molecule has 0 aromatic rings. The lowest BCUT2D eigenvalue weighted by atomic mass is 10.0. The summed E-state index contributed by atoms with van der Waals surface area (Å²) >= 11 is 0. The van der Waals surface area contributed by atoms with Crippen LogP contribution in [0, 0.1) is 0 Å². The molecule has 0 saturated heterocycles. The van der Waals surface area contributed by atoms with Gasteiger partial charge in [-0.05, 0) is 83.5 Å². The Bertz CT molecular complexity index is 1410. The normalized spacial score (nSPS) is 12.3. The number of allylic oxidation sites excluding steroid dienone is 8. The summed E-state index contributed by atoms with van der Waals surface area (Å²) in [5, 5.41) is 0. The van der Waals surface area contributed by atoms with Crippen LogP contribution in [0.2, 0.25) is 0 Å². The van der Waals surface area contributed by atoms with Gasteiger partial charge in [-0.25, -0.2) is 0 Å². The Kier molecular flexibility index (Phi) is 68.6. The minimum atomic E-state index is -0.781. The molecule has 0 saturated carbocycles. The Balaban J connectivity index is 4.35. The van der Waals surface area contributed by atoms with E-state index in [0.717, 1.165) is 77.0 Å². The first-order valence-corrected chi connectivity index (χ1v) is 36.6. The molecule has 1 unspecified atom stereocenters. The standard InChI is InChI=1S/C76H140O6/c1-4-7-10-13-16-19-22-25-28-31-34-37-38-40-42-45-48-51-54-57-60-63-66-69-75(78)81-72-73(71-80-74(77)68-65-62-59-56-53-50-47-44-41-36-33-30-27-24-21-18-15-12-9-6-3)82-76(79)70-67-64-61-58-55-52-49-46-43-39-35-32-29-26-23-20-17-14-11-8-5-2/h23,26,31-32,34-35,43,46,73H,4-22,24-25,27-30,33,36-42,44-45,47-72H2,1-3H3/b26-23-,34-31-,35-32-,46-43-. The summed E-state index contributed by atoms with van der Waals surface area (Å²) in [6.45, 7) is 6.70. The molecular formula is C76H140O6. The smallest absolute Gasteiger partial charge is 0.306 e. The fourth-order valence-corrected chi connectivity index (χ4v) is 11.0. The topological polar surface area (TPSA) is 78.9 Å². The minimum absolute atomic E-state index is 0.0742. The van der Waals surface area contributed by atoms with Crippen LogP contribution in [0.15, 0.2) is 48.6 Å². The molecule has 0 rings (SSSR count). The van der Waals surface area contributed by atoms with E-state index in [4.69, 9.17) is 14.2 Å². The molecule has 0 aliphatic carbocycles. The van der Waals surface area contributed by atoms with Crippen molar-refractivity contribution in [2.24, 2.45) is 0 Å². The van der Waals surface area contributed by atoms with Gasteiger partial charge in [-0.2, -0.15) is 0 Å². The van der Waals surface area contributed by atoms with Crippen LogP contribution in [-0.4, -0.2) is 37.2 Å². The number of hydrogen-bond acceptors (Lipinski definition) is 6. The first-order chi connectivity index (χ1) is 40.5. The molecule has 1 atom stereocenters. The predicted molar refractivity (Wildman–Crippen MR) is 358 cm³/mol. The lowest BCUT2D eigenvalue weighted by molar-refractivity contribution is -0.167. The minimum Gasteiger partial charge on any atom is -0.462 e. The van der Waals surface area contributed by atoms with Gasteiger partial charge in [0.1, 0.15) is 13.2 Å². The highest BCUT2D eigenvalue weighted by Crippen LogP contribution is 2.18. The molecule has 480 valence electrons. The second kappa shape index (κ2) is 70.9. The summed E-state index contributed by atoms with van der Waals surface area (Å²) < 4.78 is 17.0. The molecule has 0 N–H and O–H groups in total. The zero-order chi connectivity index (χ0) is 59.2. The third kappa shape index (κ3) is 68.2. The maximum atomic E-state index is 13.0. The number of ether oxygens (including phenoxy) is 3. The van der Waals surface area contributed by atoms with Crippen molar-refractivity contribution in [2.45, 2.75) is 406 Å². The van der Waals surface area contributed by atoms with Crippen molar-refractivity contribution in [2.75, 3.05) is 13.2 Å². The summed E-state index contributed by atoms with van der Waals surface area (Å²) in [5.74, 6) is -0.858. The fourth-order valence-electron chi connectivity index (χ4n) is 11.0. The fraction of sp³-hybridized carbons (Fsp3) is 0.855. The third-order valence-electron chi connectivity index (χ3n) is 16.6. The van der Waals surface area contributed by atoms with Gasteiger partial charge in [0.15, 0.2) is 6.10 Å². The largest absolute Gasteiger partial charge is 0.462 e. The highest BCUT2D eigenvalue weighted by atomic mass is 16.6. The molecule has 0 aliphatic rings. The predicted octanol–water partition coefficient (Wildman–Crippen LogP) is 25.3. The lowest BCUT2D eigenvalue weighted by Gasteiger charge is -2.18. The molecule has 82 heavy (non-hydrogen) atoms. The summed E-state index contributed by atoms with van der Waals surface area (Å²) in [6.07, 6.45) is 89.9. The number of carbonyl (C=O) groups is 3. The molecule has 0 bridgehead atoms. The van der Waals surface area contributed by atoms with Crippen molar-refractivity contribution in [3.63, 3.8) is 0 Å². The van der Waals surface area contributed by atoms with Gasteiger partial charge in [0.05, 0.1) is 0 Å². The Hall–Kier alpha value is -2.63. The molecule has 0 aromatic heterocycles. The molecule has 6 heteroatoms. The van der Waals surface area contributed by atoms with Crippen molar-refractivity contribution in [1.29, 1.82) is 0 Å². The number of hydrogen-bond donors (Lipinski definition) is 0. The second-order valence-electron chi connectivity index (χ2n) is 24.9. The monoisotopic (exact) mass is 1150 g/mol. The van der Waals surface area contributed by atoms with E-state index >= 15 is 0 Å². The molecule has 0 amide bonds. The quantitative estimate of drug-likeness (QED) is 0.0261. The van der Waals surface area contributed by atoms with Gasteiger partial charge < -0.3 is 14.2 Å². The highest BCUT2D eigenvalue weighted by molar-refractivity contribution is 5.71. The van der Waals surface area contributed by atoms with Gasteiger partial charge in [-0.1, -0.05) is 345 Å². The van der Waals surface area contributed by atoms with Crippen LogP contribution in [0.5, 0.6) is 0 Å². The Morgan fingerprint density at radius 2 is 0.439 bits per heavy atom. The Morgan fingerprint density at radius 1 is 0.244 bits per heavy atom. The Labute approximate surface area is 511 Å². The Morgan fingerprint density at radius 3 is 0.695 bits per heavy atom. The summed E-state index contributed by atoms with van der Waals surface area (Å²) in [6, 6.07) is 0. The van der Waals surface area contributed by atoms with E-state index in [1.807, 2.05) is 0 Å². The molecular weight excluding hydrogens is 1010 g/mol. The van der Waals surface area contributed by atoms with Crippen LogP contribution >= 0.6 is 0 Å². The van der Waals surface area contributed by atoms with E-state index in [2.05, 4.69) is 69.4 Å². The van der Waals surface area contributed by atoms with Crippen molar-refractivity contribution >= 4 is 17.9 Å². The summed E-state index contributed by atoms with van der Waals surface area (Å²) in [5.41, 5.74) is 0. The average molecular weight is 1150 g/mol. The van der Waals surface area contributed by atoms with Gasteiger partial charge in [-0.3, -0.25) is 14.4 Å². The molecule has 0 fully saturated rings. The molecule has 0 spiro atoms. The lowest BCUT2D eigenvalue weighted by Crippen LogP contribution is -2.30. The molecule has 6 nitrogen and oxygen atoms in total. The van der Waals surface area contributed by atoms with Gasteiger partial charge in [-0.15, -0.1) is 0 Å². The zero-order valence-electron chi connectivity index (χ0n) is 55.3. The van der Waals surface area contributed by atoms with Crippen LogP contribution in [-0.2, 0) is 28.6 Å². The second-order valence-corrected chi connectivity index (χ2v) is 24.9. The van der Waals surface area contributed by atoms with Crippen LogP contribution in [0.4, 0.5) is 0 Å². The van der Waals surface area contributed by atoms with E-state index in [1.165, 1.54) is 283 Å². The third-order valence-corrected chi connectivity index (χ3v) is 16.6. The number of esters is 3. The van der Waals surface area contributed by atoms with Crippen LogP contribution in [0.25, 0.3) is 0 Å². The van der Waals surface area contributed by atoms with Gasteiger partial charge in [0.2, 0.25) is 0 Å².